The molecule has 0 radical (unpaired) electrons. The predicted molar refractivity (Wildman–Crippen MR) is 90.2 cm³/mol. The van der Waals surface area contributed by atoms with Crippen molar-refractivity contribution in [1.82, 2.24) is 0 Å². The van der Waals surface area contributed by atoms with Gasteiger partial charge in [-0.05, 0) is 53.9 Å². The van der Waals surface area contributed by atoms with Gasteiger partial charge >= 0.3 is 0 Å². The van der Waals surface area contributed by atoms with Gasteiger partial charge in [-0.15, -0.1) is 11.3 Å². The Hall–Kier alpha value is -2.30. The molecule has 0 fully saturated rings. The first-order valence-electron chi connectivity index (χ1n) is 7.19. The number of hydrogen-bond donors (Lipinski definition) is 1. The maximum atomic E-state index is 13.0. The van der Waals surface area contributed by atoms with Crippen molar-refractivity contribution in [3.63, 3.8) is 0 Å². The summed E-state index contributed by atoms with van der Waals surface area (Å²) in [7, 11) is 0. The van der Waals surface area contributed by atoms with Crippen LogP contribution in [0.4, 0.5) is 4.39 Å². The Kier molecular flexibility index (Phi) is 4.37. The normalized spacial score (nSPS) is 10.7. The molecule has 0 bridgehead atoms. The van der Waals surface area contributed by atoms with Crippen LogP contribution in [-0.4, -0.2) is 10.9 Å². The van der Waals surface area contributed by atoms with Crippen LogP contribution in [0.5, 0.6) is 0 Å². The Morgan fingerprint density at radius 1 is 1.09 bits per heavy atom. The summed E-state index contributed by atoms with van der Waals surface area (Å²) in [6.07, 6.45) is 0. The first-order valence-corrected chi connectivity index (χ1v) is 8.01. The van der Waals surface area contributed by atoms with Gasteiger partial charge in [0.15, 0.2) is 0 Å². The van der Waals surface area contributed by atoms with E-state index in [1.807, 2.05) is 25.1 Å². The minimum absolute atomic E-state index is 0.0591. The number of aliphatic hydroxyl groups is 1. The average Bonchev–Trinajstić information content (AvgIpc) is 3.05. The molecule has 0 aliphatic heterocycles. The lowest BCUT2D eigenvalue weighted by molar-refractivity contribution is 0.104. The average molecular weight is 326 g/mol. The van der Waals surface area contributed by atoms with Crippen molar-refractivity contribution in [3.8, 4) is 10.4 Å². The first kappa shape index (κ1) is 15.6. The minimum atomic E-state index is -0.280. The summed E-state index contributed by atoms with van der Waals surface area (Å²) in [5.41, 5.74) is 3.08. The molecule has 0 aliphatic rings. The molecule has 116 valence electrons. The zero-order chi connectivity index (χ0) is 16.4. The molecule has 0 spiro atoms. The lowest BCUT2D eigenvalue weighted by atomic mass is 10.0. The molecule has 2 aromatic carbocycles. The van der Waals surface area contributed by atoms with Gasteiger partial charge in [0.25, 0.3) is 0 Å². The molecule has 23 heavy (non-hydrogen) atoms. The summed E-state index contributed by atoms with van der Waals surface area (Å²) in [5, 5.41) is 9.24. The van der Waals surface area contributed by atoms with Crippen molar-refractivity contribution in [3.05, 3.63) is 82.0 Å². The van der Waals surface area contributed by atoms with Crippen molar-refractivity contribution in [2.24, 2.45) is 0 Å². The van der Waals surface area contributed by atoms with Gasteiger partial charge in [0.2, 0.25) is 5.78 Å². The van der Waals surface area contributed by atoms with Crippen LogP contribution < -0.4 is 0 Å². The second-order valence-electron chi connectivity index (χ2n) is 5.31. The van der Waals surface area contributed by atoms with Crippen LogP contribution in [0.2, 0.25) is 0 Å². The van der Waals surface area contributed by atoms with E-state index in [2.05, 4.69) is 0 Å². The number of carbonyl (C=O) groups excluding carboxylic acids is 1. The fraction of sp³-hybridized carbons (Fsp3) is 0.105. The molecule has 2 nitrogen and oxygen atoms in total. The lowest BCUT2D eigenvalue weighted by Crippen LogP contribution is -2.02. The van der Waals surface area contributed by atoms with E-state index in [1.165, 1.54) is 23.5 Å². The van der Waals surface area contributed by atoms with Crippen LogP contribution in [0, 0.1) is 12.7 Å². The molecule has 0 saturated carbocycles. The Labute approximate surface area is 137 Å². The number of hydrogen-bond acceptors (Lipinski definition) is 3. The van der Waals surface area contributed by atoms with Crippen LogP contribution in [0.15, 0.2) is 54.6 Å². The summed E-state index contributed by atoms with van der Waals surface area (Å²) in [4.78, 5) is 14.3. The van der Waals surface area contributed by atoms with E-state index in [1.54, 1.807) is 24.3 Å². The molecule has 1 N–H and O–H groups in total. The third kappa shape index (κ3) is 3.23. The number of benzene rings is 2. The standard InChI is InChI=1S/C19H15FO2S/c1-12-2-3-13(11-21)10-16(12)19(22)18-9-8-17(23-18)14-4-6-15(20)7-5-14/h2-10,21H,11H2,1H3. The molecule has 0 atom stereocenters. The van der Waals surface area contributed by atoms with Gasteiger partial charge in [0.05, 0.1) is 11.5 Å². The smallest absolute Gasteiger partial charge is 0.203 e. The van der Waals surface area contributed by atoms with Crippen molar-refractivity contribution >= 4 is 17.1 Å². The van der Waals surface area contributed by atoms with E-state index in [0.717, 1.165) is 16.0 Å². The highest BCUT2D eigenvalue weighted by molar-refractivity contribution is 7.17. The number of aliphatic hydroxyl groups excluding tert-OH is 1. The molecule has 0 unspecified atom stereocenters. The fourth-order valence-electron chi connectivity index (χ4n) is 2.37. The number of rotatable bonds is 4. The van der Waals surface area contributed by atoms with E-state index in [-0.39, 0.29) is 18.2 Å². The van der Waals surface area contributed by atoms with Crippen molar-refractivity contribution in [2.75, 3.05) is 0 Å². The number of halogens is 1. The second-order valence-corrected chi connectivity index (χ2v) is 6.39. The first-order chi connectivity index (χ1) is 11.1. The van der Waals surface area contributed by atoms with Crippen LogP contribution in [0.1, 0.15) is 26.4 Å². The fourth-order valence-corrected chi connectivity index (χ4v) is 3.34. The van der Waals surface area contributed by atoms with Gasteiger partial charge in [0.1, 0.15) is 5.82 Å². The van der Waals surface area contributed by atoms with Crippen molar-refractivity contribution < 1.29 is 14.3 Å². The van der Waals surface area contributed by atoms with Gasteiger partial charge in [-0.3, -0.25) is 4.79 Å². The van der Waals surface area contributed by atoms with E-state index in [0.29, 0.717) is 16.0 Å². The monoisotopic (exact) mass is 326 g/mol. The summed E-state index contributed by atoms with van der Waals surface area (Å²) < 4.78 is 13.0. The zero-order valence-electron chi connectivity index (χ0n) is 12.5. The van der Waals surface area contributed by atoms with Gasteiger partial charge in [-0.25, -0.2) is 4.39 Å². The highest BCUT2D eigenvalue weighted by Crippen LogP contribution is 2.30. The number of ketones is 1. The molecule has 1 aromatic heterocycles. The van der Waals surface area contributed by atoms with E-state index >= 15 is 0 Å². The molecule has 3 aromatic rings. The minimum Gasteiger partial charge on any atom is -0.392 e. The summed E-state index contributed by atoms with van der Waals surface area (Å²) in [6, 6.07) is 15.3. The quantitative estimate of drug-likeness (QED) is 0.712. The van der Waals surface area contributed by atoms with Crippen LogP contribution >= 0.6 is 11.3 Å². The second kappa shape index (κ2) is 6.44. The largest absolute Gasteiger partial charge is 0.392 e. The SMILES string of the molecule is Cc1ccc(CO)cc1C(=O)c1ccc(-c2ccc(F)cc2)s1. The maximum absolute atomic E-state index is 13.0. The third-order valence-corrected chi connectivity index (χ3v) is 4.82. The van der Waals surface area contributed by atoms with Crippen LogP contribution in [-0.2, 0) is 6.61 Å². The Bertz CT molecular complexity index is 850. The molecule has 1 heterocycles. The van der Waals surface area contributed by atoms with Gasteiger partial charge in [0, 0.05) is 10.4 Å². The van der Waals surface area contributed by atoms with Crippen molar-refractivity contribution in [2.45, 2.75) is 13.5 Å². The predicted octanol–water partition coefficient (Wildman–Crippen LogP) is 4.59. The molecule has 0 aliphatic carbocycles. The summed E-state index contributed by atoms with van der Waals surface area (Å²) in [5.74, 6) is -0.339. The molecule has 0 saturated heterocycles. The number of thiophene rings is 1. The Morgan fingerprint density at radius 2 is 1.83 bits per heavy atom. The summed E-state index contributed by atoms with van der Waals surface area (Å²) in [6.45, 7) is 1.79. The van der Waals surface area contributed by atoms with E-state index in [4.69, 9.17) is 0 Å². The molecular formula is C19H15FO2S. The van der Waals surface area contributed by atoms with Gasteiger partial charge in [-0.1, -0.05) is 24.3 Å². The van der Waals surface area contributed by atoms with E-state index < -0.39 is 0 Å². The number of carbonyl (C=O) groups is 1. The zero-order valence-corrected chi connectivity index (χ0v) is 13.4. The highest BCUT2D eigenvalue weighted by atomic mass is 32.1. The molecular weight excluding hydrogens is 311 g/mol. The molecule has 0 amide bonds. The van der Waals surface area contributed by atoms with Gasteiger partial charge in [-0.2, -0.15) is 0 Å². The molecule has 3 rings (SSSR count). The van der Waals surface area contributed by atoms with E-state index in [9.17, 15) is 14.3 Å². The number of aryl methyl sites for hydroxylation is 1. The Morgan fingerprint density at radius 3 is 2.52 bits per heavy atom. The van der Waals surface area contributed by atoms with Crippen LogP contribution in [0.25, 0.3) is 10.4 Å². The lowest BCUT2D eigenvalue weighted by Gasteiger charge is -2.05. The summed E-state index contributed by atoms with van der Waals surface area (Å²) >= 11 is 1.38. The Balaban J connectivity index is 1.94. The van der Waals surface area contributed by atoms with Crippen LogP contribution in [0.3, 0.4) is 0 Å². The molecule has 4 heteroatoms. The highest BCUT2D eigenvalue weighted by Gasteiger charge is 2.15. The van der Waals surface area contributed by atoms with Crippen molar-refractivity contribution in [1.29, 1.82) is 0 Å². The topological polar surface area (TPSA) is 37.3 Å². The maximum Gasteiger partial charge on any atom is 0.203 e. The van der Waals surface area contributed by atoms with Gasteiger partial charge < -0.3 is 5.11 Å². The third-order valence-electron chi connectivity index (χ3n) is 3.69.